The quantitative estimate of drug-likeness (QED) is 0.887. The fourth-order valence-corrected chi connectivity index (χ4v) is 2.37. The van der Waals surface area contributed by atoms with E-state index in [0.717, 1.165) is 17.7 Å². The number of nitrogens with one attached hydrogen (secondary N) is 1. The molecule has 1 heterocycles. The molecule has 0 amide bonds. The maximum Gasteiger partial charge on any atom is 0.219 e. The van der Waals surface area contributed by atoms with E-state index in [9.17, 15) is 4.79 Å². The zero-order chi connectivity index (χ0) is 13.9. The fraction of sp³-hybridized carbons (Fsp3) is 0.214. The summed E-state index contributed by atoms with van der Waals surface area (Å²) in [6.45, 7) is 0. The number of rotatable bonds is 3. The van der Waals surface area contributed by atoms with Gasteiger partial charge in [0.05, 0.1) is 0 Å². The van der Waals surface area contributed by atoms with Gasteiger partial charge in [0.2, 0.25) is 11.6 Å². The Morgan fingerprint density at radius 1 is 1.20 bits per heavy atom. The normalized spacial score (nSPS) is 18.7. The minimum Gasteiger partial charge on any atom is -0.378 e. The second-order valence-corrected chi connectivity index (χ2v) is 4.77. The van der Waals surface area contributed by atoms with Gasteiger partial charge in [-0.1, -0.05) is 30.3 Å². The number of ketones is 1. The van der Waals surface area contributed by atoms with Crippen LogP contribution in [0, 0.1) is 0 Å². The van der Waals surface area contributed by atoms with E-state index >= 15 is 0 Å². The molecule has 0 spiro atoms. The van der Waals surface area contributed by atoms with Crippen LogP contribution in [0.1, 0.15) is 24.3 Å². The number of nitrogen functional groups attached to an aromatic ring is 1. The number of benzene rings is 1. The summed E-state index contributed by atoms with van der Waals surface area (Å²) in [5.41, 5.74) is 7.52. The van der Waals surface area contributed by atoms with E-state index in [1.54, 1.807) is 6.08 Å². The molecule has 0 bridgehead atoms. The Bertz CT molecular complexity index is 648. The molecule has 3 rings (SSSR count). The smallest absolute Gasteiger partial charge is 0.219 e. The highest BCUT2D eigenvalue weighted by Crippen LogP contribution is 2.32. The Morgan fingerprint density at radius 3 is 2.70 bits per heavy atom. The predicted octanol–water partition coefficient (Wildman–Crippen LogP) is 2.09. The van der Waals surface area contributed by atoms with Gasteiger partial charge in [-0.25, -0.2) is 4.63 Å². The Labute approximate surface area is 115 Å². The Kier molecular flexibility index (Phi) is 3.20. The van der Waals surface area contributed by atoms with Crippen LogP contribution in [0.3, 0.4) is 0 Å². The van der Waals surface area contributed by atoms with Gasteiger partial charge in [-0.3, -0.25) is 4.79 Å². The lowest BCUT2D eigenvalue weighted by Crippen LogP contribution is -2.17. The standard InChI is InChI=1S/C14H14N4O2/c15-13-14(18-20-17-13)16-11-6-10(7-12(19)8-11)9-4-2-1-3-5-9/h1-5,8,10H,6-7H2,(H2,15,17)(H,16,18)/t10-/m0/s1. The molecule has 2 aromatic rings. The van der Waals surface area contributed by atoms with Crippen LogP contribution in [0.25, 0.3) is 0 Å². The summed E-state index contributed by atoms with van der Waals surface area (Å²) in [6, 6.07) is 9.99. The average Bonchev–Trinajstić information content (AvgIpc) is 2.85. The number of nitrogens with two attached hydrogens (primary N) is 1. The van der Waals surface area contributed by atoms with Crippen molar-refractivity contribution in [3.63, 3.8) is 0 Å². The average molecular weight is 270 g/mol. The van der Waals surface area contributed by atoms with Gasteiger partial charge in [-0.05, 0) is 28.2 Å². The number of hydrogen-bond donors (Lipinski definition) is 2. The fourth-order valence-electron chi connectivity index (χ4n) is 2.37. The van der Waals surface area contributed by atoms with Crippen molar-refractivity contribution in [1.82, 2.24) is 10.3 Å². The van der Waals surface area contributed by atoms with E-state index in [4.69, 9.17) is 5.73 Å². The lowest BCUT2D eigenvalue weighted by molar-refractivity contribution is -0.115. The van der Waals surface area contributed by atoms with Crippen molar-refractivity contribution in [2.75, 3.05) is 11.1 Å². The molecule has 6 heteroatoms. The summed E-state index contributed by atoms with van der Waals surface area (Å²) < 4.78 is 4.53. The second-order valence-electron chi connectivity index (χ2n) is 4.77. The third-order valence-electron chi connectivity index (χ3n) is 3.31. The molecule has 102 valence electrons. The van der Waals surface area contributed by atoms with E-state index in [1.807, 2.05) is 30.3 Å². The van der Waals surface area contributed by atoms with Crippen LogP contribution in [0.15, 0.2) is 46.7 Å². The first-order valence-electron chi connectivity index (χ1n) is 6.36. The summed E-state index contributed by atoms with van der Waals surface area (Å²) in [4.78, 5) is 11.9. The van der Waals surface area contributed by atoms with Gasteiger partial charge in [0.25, 0.3) is 0 Å². The van der Waals surface area contributed by atoms with Gasteiger partial charge in [0.15, 0.2) is 5.78 Å². The highest BCUT2D eigenvalue weighted by Gasteiger charge is 2.23. The molecule has 1 aliphatic rings. The van der Waals surface area contributed by atoms with Gasteiger partial charge >= 0.3 is 0 Å². The molecule has 6 nitrogen and oxygen atoms in total. The molecule has 1 aromatic heterocycles. The molecule has 1 aliphatic carbocycles. The maximum absolute atomic E-state index is 11.9. The summed E-state index contributed by atoms with van der Waals surface area (Å²) in [5.74, 6) is 0.776. The van der Waals surface area contributed by atoms with Crippen LogP contribution in [0.5, 0.6) is 0 Å². The van der Waals surface area contributed by atoms with Gasteiger partial charge in [0.1, 0.15) is 0 Å². The molecule has 0 radical (unpaired) electrons. The van der Waals surface area contributed by atoms with Crippen LogP contribution in [0.4, 0.5) is 11.6 Å². The van der Waals surface area contributed by atoms with E-state index in [1.165, 1.54) is 0 Å². The van der Waals surface area contributed by atoms with Crippen molar-refractivity contribution in [2.45, 2.75) is 18.8 Å². The van der Waals surface area contributed by atoms with Crippen LogP contribution in [0.2, 0.25) is 0 Å². The third kappa shape index (κ3) is 2.54. The van der Waals surface area contributed by atoms with E-state index in [0.29, 0.717) is 12.2 Å². The lowest BCUT2D eigenvalue weighted by Gasteiger charge is -2.22. The number of aromatic nitrogens is 2. The van der Waals surface area contributed by atoms with Crippen LogP contribution < -0.4 is 11.1 Å². The first kappa shape index (κ1) is 12.4. The topological polar surface area (TPSA) is 94.0 Å². The summed E-state index contributed by atoms with van der Waals surface area (Å²) in [6.07, 6.45) is 2.83. The van der Waals surface area contributed by atoms with Crippen molar-refractivity contribution in [2.24, 2.45) is 0 Å². The zero-order valence-corrected chi connectivity index (χ0v) is 10.7. The van der Waals surface area contributed by atoms with Crippen molar-refractivity contribution >= 4 is 17.4 Å². The van der Waals surface area contributed by atoms with Gasteiger partial charge < -0.3 is 11.1 Å². The second kappa shape index (κ2) is 5.16. The Hall–Kier alpha value is -2.63. The summed E-state index contributed by atoms with van der Waals surface area (Å²) in [5, 5.41) is 10.2. The molecule has 1 aromatic carbocycles. The molecular weight excluding hydrogens is 256 g/mol. The van der Waals surface area contributed by atoms with Gasteiger partial charge in [-0.15, -0.1) is 0 Å². The largest absolute Gasteiger partial charge is 0.378 e. The molecule has 0 fully saturated rings. The number of anilines is 2. The van der Waals surface area contributed by atoms with Crippen LogP contribution in [-0.2, 0) is 4.79 Å². The minimum absolute atomic E-state index is 0.0858. The van der Waals surface area contributed by atoms with Crippen molar-refractivity contribution in [3.05, 3.63) is 47.7 Å². The van der Waals surface area contributed by atoms with Crippen LogP contribution >= 0.6 is 0 Å². The number of hydrogen-bond acceptors (Lipinski definition) is 6. The Balaban J connectivity index is 1.79. The Morgan fingerprint density at radius 2 is 2.00 bits per heavy atom. The number of carbonyl (C=O) groups excluding carboxylic acids is 1. The van der Waals surface area contributed by atoms with E-state index < -0.39 is 0 Å². The van der Waals surface area contributed by atoms with E-state index in [-0.39, 0.29) is 17.5 Å². The molecule has 0 saturated heterocycles. The SMILES string of the molecule is Nc1nonc1NC1=CC(=O)C[C@@H](c2ccccc2)C1. The zero-order valence-electron chi connectivity index (χ0n) is 10.7. The monoisotopic (exact) mass is 270 g/mol. The number of allylic oxidation sites excluding steroid dienone is 2. The highest BCUT2D eigenvalue weighted by atomic mass is 16.6. The molecular formula is C14H14N4O2. The summed E-state index contributed by atoms with van der Waals surface area (Å²) in [7, 11) is 0. The molecule has 0 aliphatic heterocycles. The van der Waals surface area contributed by atoms with Crippen LogP contribution in [-0.4, -0.2) is 16.1 Å². The first-order chi connectivity index (χ1) is 9.72. The highest BCUT2D eigenvalue weighted by molar-refractivity contribution is 5.92. The van der Waals surface area contributed by atoms with E-state index in [2.05, 4.69) is 20.3 Å². The first-order valence-corrected chi connectivity index (χ1v) is 6.36. The maximum atomic E-state index is 11.9. The minimum atomic E-state index is 0.0858. The summed E-state index contributed by atoms with van der Waals surface area (Å²) >= 11 is 0. The van der Waals surface area contributed by atoms with Crippen molar-refractivity contribution in [1.29, 1.82) is 0 Å². The number of carbonyl (C=O) groups is 1. The molecule has 0 unspecified atom stereocenters. The predicted molar refractivity (Wildman–Crippen MR) is 73.8 cm³/mol. The molecule has 1 atom stereocenters. The molecule has 3 N–H and O–H groups in total. The lowest BCUT2D eigenvalue weighted by atomic mass is 9.85. The van der Waals surface area contributed by atoms with Crippen molar-refractivity contribution < 1.29 is 9.42 Å². The molecule has 20 heavy (non-hydrogen) atoms. The van der Waals surface area contributed by atoms with Gasteiger partial charge in [0, 0.05) is 18.2 Å². The van der Waals surface area contributed by atoms with Gasteiger partial charge in [-0.2, -0.15) is 0 Å². The molecule has 0 saturated carbocycles. The third-order valence-corrected chi connectivity index (χ3v) is 3.31. The number of nitrogens with zero attached hydrogens (tertiary/aromatic N) is 2. The van der Waals surface area contributed by atoms with Crippen molar-refractivity contribution in [3.8, 4) is 0 Å².